The Morgan fingerprint density at radius 3 is 2.52 bits per heavy atom. The Morgan fingerprint density at radius 2 is 1.85 bits per heavy atom. The van der Waals surface area contributed by atoms with Crippen LogP contribution in [0.4, 0.5) is 4.39 Å². The number of nitrogens with zero attached hydrogens (tertiary/aromatic N) is 1. The second-order valence-electron chi connectivity index (χ2n) is 10.4. The summed E-state index contributed by atoms with van der Waals surface area (Å²) in [5.41, 5.74) is 1.93. The molecule has 5 heteroatoms. The Hall–Kier alpha value is -2.66. The maximum atomic E-state index is 15.2. The lowest BCUT2D eigenvalue weighted by atomic mass is 9.74. The zero-order chi connectivity index (χ0) is 23.6. The van der Waals surface area contributed by atoms with Crippen LogP contribution in [-0.2, 0) is 14.9 Å². The van der Waals surface area contributed by atoms with E-state index in [0.29, 0.717) is 24.5 Å². The summed E-state index contributed by atoms with van der Waals surface area (Å²) in [6.07, 6.45) is 5.50. The molecule has 176 valence electrons. The van der Waals surface area contributed by atoms with Crippen LogP contribution in [0.2, 0.25) is 0 Å². The number of piperidine rings is 1. The molecule has 1 atom stereocenters. The van der Waals surface area contributed by atoms with Crippen molar-refractivity contribution in [2.45, 2.75) is 51.6 Å². The molecule has 0 N–H and O–H groups in total. The standard InChI is InChI=1S/C28H34FNO3/c1-20(26(31)33-27(2,3)4)18-30-16-14-28(15-17-30)19-32-25-23(28)13-12-22(24(25)29)11-10-21-8-6-5-7-9-21/h5-13,20H,14-19H2,1-4H3/b11-10+. The summed E-state index contributed by atoms with van der Waals surface area (Å²) >= 11 is 0. The number of esters is 1. The van der Waals surface area contributed by atoms with Crippen LogP contribution in [0.5, 0.6) is 5.75 Å². The van der Waals surface area contributed by atoms with Crippen molar-refractivity contribution < 1.29 is 18.7 Å². The highest BCUT2D eigenvalue weighted by Gasteiger charge is 2.44. The minimum atomic E-state index is -0.471. The maximum Gasteiger partial charge on any atom is 0.310 e. The SMILES string of the molecule is CC(CN1CCC2(CC1)COc1c2ccc(/C=C/c2ccccc2)c1F)C(=O)OC(C)(C)C. The van der Waals surface area contributed by atoms with E-state index in [0.717, 1.165) is 37.1 Å². The van der Waals surface area contributed by atoms with Crippen molar-refractivity contribution in [3.05, 3.63) is 65.0 Å². The van der Waals surface area contributed by atoms with Crippen molar-refractivity contribution in [1.29, 1.82) is 0 Å². The summed E-state index contributed by atoms with van der Waals surface area (Å²) in [6, 6.07) is 13.8. The number of carbonyl (C=O) groups excluding carboxylic acids is 1. The van der Waals surface area contributed by atoms with Gasteiger partial charge in [0.25, 0.3) is 0 Å². The van der Waals surface area contributed by atoms with Gasteiger partial charge in [-0.2, -0.15) is 0 Å². The molecule has 2 heterocycles. The predicted molar refractivity (Wildman–Crippen MR) is 130 cm³/mol. The molecule has 2 aliphatic rings. The number of ether oxygens (including phenoxy) is 2. The molecule has 1 saturated heterocycles. The van der Waals surface area contributed by atoms with Gasteiger partial charge in [-0.05, 0) is 52.3 Å². The summed E-state index contributed by atoms with van der Waals surface area (Å²) < 4.78 is 26.7. The fourth-order valence-electron chi connectivity index (χ4n) is 4.74. The average molecular weight is 452 g/mol. The fourth-order valence-corrected chi connectivity index (χ4v) is 4.74. The zero-order valence-electron chi connectivity index (χ0n) is 20.1. The highest BCUT2D eigenvalue weighted by atomic mass is 19.1. The third kappa shape index (κ3) is 5.30. The third-order valence-electron chi connectivity index (χ3n) is 6.60. The van der Waals surface area contributed by atoms with Crippen molar-refractivity contribution in [2.75, 3.05) is 26.2 Å². The van der Waals surface area contributed by atoms with Gasteiger partial charge in [0.2, 0.25) is 0 Å². The van der Waals surface area contributed by atoms with Crippen molar-refractivity contribution in [3.63, 3.8) is 0 Å². The number of fused-ring (bicyclic) bond motifs is 2. The number of likely N-dealkylation sites (tertiary alicyclic amines) is 1. The third-order valence-corrected chi connectivity index (χ3v) is 6.60. The topological polar surface area (TPSA) is 38.8 Å². The quantitative estimate of drug-likeness (QED) is 0.432. The van der Waals surface area contributed by atoms with Crippen LogP contribution in [0.25, 0.3) is 12.2 Å². The molecule has 0 aromatic heterocycles. The normalized spacial score (nSPS) is 18.8. The molecular weight excluding hydrogens is 417 g/mol. The van der Waals surface area contributed by atoms with Crippen LogP contribution >= 0.6 is 0 Å². The van der Waals surface area contributed by atoms with Crippen molar-refractivity contribution >= 4 is 18.1 Å². The first-order chi connectivity index (χ1) is 15.7. The van der Waals surface area contributed by atoms with Crippen LogP contribution < -0.4 is 4.74 Å². The van der Waals surface area contributed by atoms with E-state index in [4.69, 9.17) is 9.47 Å². The van der Waals surface area contributed by atoms with Crippen molar-refractivity contribution in [1.82, 2.24) is 4.90 Å². The van der Waals surface area contributed by atoms with Crippen LogP contribution in [-0.4, -0.2) is 42.7 Å². The molecule has 0 saturated carbocycles. The van der Waals surface area contributed by atoms with Crippen LogP contribution in [0.15, 0.2) is 42.5 Å². The lowest BCUT2D eigenvalue weighted by Gasteiger charge is -2.39. The molecule has 0 bridgehead atoms. The Balaban J connectivity index is 1.41. The number of hydrogen-bond donors (Lipinski definition) is 0. The summed E-state index contributed by atoms with van der Waals surface area (Å²) in [7, 11) is 0. The van der Waals surface area contributed by atoms with E-state index in [-0.39, 0.29) is 23.1 Å². The van der Waals surface area contributed by atoms with Crippen molar-refractivity contribution in [3.8, 4) is 5.75 Å². The Kier molecular flexibility index (Phi) is 6.62. The first-order valence-corrected chi connectivity index (χ1v) is 11.8. The average Bonchev–Trinajstić information content (AvgIpc) is 3.13. The largest absolute Gasteiger partial charge is 0.489 e. The molecule has 0 aliphatic carbocycles. The van der Waals surface area contributed by atoms with Gasteiger partial charge >= 0.3 is 5.97 Å². The van der Waals surface area contributed by atoms with Crippen LogP contribution in [0, 0.1) is 11.7 Å². The molecule has 2 aromatic rings. The van der Waals surface area contributed by atoms with Gasteiger partial charge in [0.05, 0.1) is 12.5 Å². The van der Waals surface area contributed by atoms with Gasteiger partial charge in [0.1, 0.15) is 5.60 Å². The second kappa shape index (κ2) is 9.30. The summed E-state index contributed by atoms with van der Waals surface area (Å²) in [5, 5.41) is 0. The van der Waals surface area contributed by atoms with Gasteiger partial charge in [0, 0.05) is 23.1 Å². The maximum absolute atomic E-state index is 15.2. The molecule has 4 rings (SSSR count). The Morgan fingerprint density at radius 1 is 1.15 bits per heavy atom. The van der Waals surface area contributed by atoms with Gasteiger partial charge in [0.15, 0.2) is 11.6 Å². The van der Waals surface area contributed by atoms with Crippen LogP contribution in [0.1, 0.15) is 57.2 Å². The molecule has 2 aromatic carbocycles. The van der Waals surface area contributed by atoms with E-state index in [1.54, 1.807) is 6.08 Å². The lowest BCUT2D eigenvalue weighted by Crippen LogP contribution is -2.46. The highest BCUT2D eigenvalue weighted by Crippen LogP contribution is 2.47. The smallest absolute Gasteiger partial charge is 0.310 e. The minimum Gasteiger partial charge on any atom is -0.489 e. The molecule has 0 radical (unpaired) electrons. The summed E-state index contributed by atoms with van der Waals surface area (Å²) in [5.74, 6) is -0.212. The number of benzene rings is 2. The summed E-state index contributed by atoms with van der Waals surface area (Å²) in [6.45, 7) is 10.5. The number of hydrogen-bond acceptors (Lipinski definition) is 4. The Bertz CT molecular complexity index is 1020. The number of halogens is 1. The molecular formula is C28H34FNO3. The predicted octanol–water partition coefficient (Wildman–Crippen LogP) is 5.70. The van der Waals surface area contributed by atoms with Crippen molar-refractivity contribution in [2.24, 2.45) is 5.92 Å². The van der Waals surface area contributed by atoms with Crippen LogP contribution in [0.3, 0.4) is 0 Å². The summed E-state index contributed by atoms with van der Waals surface area (Å²) in [4.78, 5) is 14.7. The minimum absolute atomic E-state index is 0.149. The highest BCUT2D eigenvalue weighted by molar-refractivity contribution is 5.73. The second-order valence-corrected chi connectivity index (χ2v) is 10.4. The van der Waals surface area contributed by atoms with E-state index in [2.05, 4.69) is 4.90 Å². The molecule has 1 fully saturated rings. The van der Waals surface area contributed by atoms with Gasteiger partial charge < -0.3 is 14.4 Å². The van der Waals surface area contributed by atoms with Gasteiger partial charge in [-0.3, -0.25) is 4.79 Å². The van der Waals surface area contributed by atoms with Gasteiger partial charge in [-0.15, -0.1) is 0 Å². The molecule has 4 nitrogen and oxygen atoms in total. The van der Waals surface area contributed by atoms with E-state index >= 15 is 4.39 Å². The number of carbonyl (C=O) groups is 1. The first kappa shape index (κ1) is 23.5. The first-order valence-electron chi connectivity index (χ1n) is 11.8. The zero-order valence-corrected chi connectivity index (χ0v) is 20.1. The van der Waals surface area contributed by atoms with E-state index in [1.165, 1.54) is 0 Å². The monoisotopic (exact) mass is 451 g/mol. The molecule has 2 aliphatic heterocycles. The van der Waals surface area contributed by atoms with E-state index < -0.39 is 5.60 Å². The van der Waals surface area contributed by atoms with E-state index in [9.17, 15) is 4.79 Å². The van der Waals surface area contributed by atoms with Gasteiger partial charge in [-0.1, -0.05) is 61.5 Å². The van der Waals surface area contributed by atoms with Gasteiger partial charge in [-0.25, -0.2) is 4.39 Å². The molecule has 1 spiro atoms. The molecule has 0 amide bonds. The van der Waals surface area contributed by atoms with E-state index in [1.807, 2.05) is 76.2 Å². The molecule has 1 unspecified atom stereocenters. The molecule has 33 heavy (non-hydrogen) atoms. The Labute approximate surface area is 196 Å². The lowest BCUT2D eigenvalue weighted by molar-refractivity contribution is -0.160. The fraction of sp³-hybridized carbons (Fsp3) is 0.464. The number of rotatable bonds is 5.